The first-order valence-electron chi connectivity index (χ1n) is 9.31. The Kier molecular flexibility index (Phi) is 3.62. The highest BCUT2D eigenvalue weighted by molar-refractivity contribution is 6.05. The Morgan fingerprint density at radius 3 is 2.85 bits per heavy atom. The van der Waals surface area contributed by atoms with Gasteiger partial charge in [0, 0.05) is 44.8 Å². The molecule has 7 nitrogen and oxygen atoms in total. The van der Waals surface area contributed by atoms with Gasteiger partial charge in [0.2, 0.25) is 5.91 Å². The van der Waals surface area contributed by atoms with E-state index in [4.69, 9.17) is 0 Å². The maximum absolute atomic E-state index is 12.9. The summed E-state index contributed by atoms with van der Waals surface area (Å²) in [6, 6.07) is 9.76. The van der Waals surface area contributed by atoms with Gasteiger partial charge in [-0.2, -0.15) is 0 Å². The number of aromatic nitrogens is 1. The van der Waals surface area contributed by atoms with Crippen LogP contribution in [0.4, 0.5) is 0 Å². The predicted molar refractivity (Wildman–Crippen MR) is 98.6 cm³/mol. The number of aliphatic hydroxyl groups is 1. The van der Waals surface area contributed by atoms with E-state index in [2.05, 4.69) is 16.0 Å². The number of aliphatic hydroxyl groups excluding tert-OH is 1. The van der Waals surface area contributed by atoms with Crippen LogP contribution in [0.15, 0.2) is 36.5 Å². The van der Waals surface area contributed by atoms with Crippen molar-refractivity contribution in [1.29, 1.82) is 0 Å². The maximum Gasteiger partial charge on any atom is 0.252 e. The van der Waals surface area contributed by atoms with Gasteiger partial charge in [0.25, 0.3) is 5.91 Å². The number of likely N-dealkylation sites (N-methyl/N-ethyl adjacent to an activating group) is 1. The van der Waals surface area contributed by atoms with Crippen LogP contribution in [0, 0.1) is 0 Å². The number of para-hydroxylation sites is 1. The van der Waals surface area contributed by atoms with Gasteiger partial charge in [0.15, 0.2) is 0 Å². The van der Waals surface area contributed by atoms with Crippen LogP contribution in [0.1, 0.15) is 12.0 Å². The van der Waals surface area contributed by atoms with Gasteiger partial charge < -0.3 is 5.11 Å². The number of pyridine rings is 1. The van der Waals surface area contributed by atoms with Gasteiger partial charge in [0.05, 0.1) is 17.7 Å². The third kappa shape index (κ3) is 2.42. The second-order valence-electron chi connectivity index (χ2n) is 7.97. The van der Waals surface area contributed by atoms with E-state index in [-0.39, 0.29) is 17.9 Å². The van der Waals surface area contributed by atoms with Gasteiger partial charge in [-0.1, -0.05) is 18.2 Å². The molecule has 1 aromatic heterocycles. The van der Waals surface area contributed by atoms with Gasteiger partial charge in [0.1, 0.15) is 5.54 Å². The van der Waals surface area contributed by atoms with E-state index < -0.39 is 11.6 Å². The lowest BCUT2D eigenvalue weighted by Gasteiger charge is -2.58. The molecule has 2 aromatic rings. The Bertz CT molecular complexity index is 940. The third-order valence-electron chi connectivity index (χ3n) is 6.17. The fraction of sp³-hybridized carbons (Fsp3) is 0.450. The van der Waals surface area contributed by atoms with Crippen molar-refractivity contribution in [2.45, 2.75) is 30.7 Å². The zero-order valence-corrected chi connectivity index (χ0v) is 15.2. The van der Waals surface area contributed by atoms with Crippen molar-refractivity contribution >= 4 is 22.7 Å². The summed E-state index contributed by atoms with van der Waals surface area (Å²) in [5.41, 5.74) is 1.39. The molecule has 0 bridgehead atoms. The Morgan fingerprint density at radius 1 is 1.26 bits per heavy atom. The SMILES string of the molecule is CN1C(=O)[C@@H]2C[C@@H](O)CN2C2(CN(Cc3cnc4ccccc4c3)C2)C1=O. The molecule has 27 heavy (non-hydrogen) atoms. The zero-order valence-electron chi connectivity index (χ0n) is 15.2. The van der Waals surface area contributed by atoms with E-state index in [1.54, 1.807) is 7.05 Å². The van der Waals surface area contributed by atoms with E-state index >= 15 is 0 Å². The highest BCUT2D eigenvalue weighted by atomic mass is 16.3. The second kappa shape index (κ2) is 5.82. The van der Waals surface area contributed by atoms with Crippen molar-refractivity contribution in [2.24, 2.45) is 0 Å². The standard InChI is InChI=1S/C20H22N4O3/c1-22-18(26)17-7-15(25)10-24(17)20(19(22)27)11-23(12-20)9-13-6-14-4-2-3-5-16(14)21-8-13/h2-6,8,15,17,25H,7,9-12H2,1H3/t15-,17+/m1/s1. The molecular weight excluding hydrogens is 344 g/mol. The summed E-state index contributed by atoms with van der Waals surface area (Å²) in [6.07, 6.45) is 1.75. The molecule has 0 saturated carbocycles. The number of carbonyl (C=O) groups excluding carboxylic acids is 2. The van der Waals surface area contributed by atoms with Crippen molar-refractivity contribution in [3.63, 3.8) is 0 Å². The molecule has 3 aliphatic rings. The van der Waals surface area contributed by atoms with Gasteiger partial charge in [-0.05, 0) is 24.1 Å². The van der Waals surface area contributed by atoms with Crippen molar-refractivity contribution < 1.29 is 14.7 Å². The molecule has 0 radical (unpaired) electrons. The van der Waals surface area contributed by atoms with Crippen LogP contribution in [0.25, 0.3) is 10.9 Å². The molecule has 2 amide bonds. The summed E-state index contributed by atoms with van der Waals surface area (Å²) < 4.78 is 0. The molecule has 1 N–H and O–H groups in total. The van der Waals surface area contributed by atoms with Gasteiger partial charge in [-0.15, -0.1) is 0 Å². The maximum atomic E-state index is 12.9. The number of nitrogens with zero attached hydrogens (tertiary/aromatic N) is 4. The summed E-state index contributed by atoms with van der Waals surface area (Å²) in [4.78, 5) is 35.2. The number of β-amino-alcohol motifs (C(OH)–C–C–N with tert-alkyl or cyclic N) is 1. The lowest BCUT2D eigenvalue weighted by molar-refractivity contribution is -0.178. The molecule has 140 valence electrons. The van der Waals surface area contributed by atoms with E-state index in [0.717, 1.165) is 16.5 Å². The molecule has 0 unspecified atom stereocenters. The first-order chi connectivity index (χ1) is 13.0. The fourth-order valence-electron chi connectivity index (χ4n) is 4.86. The number of carbonyl (C=O) groups is 2. The van der Waals surface area contributed by atoms with Crippen LogP contribution in [0.5, 0.6) is 0 Å². The summed E-state index contributed by atoms with van der Waals surface area (Å²) in [5, 5.41) is 11.2. The molecule has 1 aromatic carbocycles. The summed E-state index contributed by atoms with van der Waals surface area (Å²) in [7, 11) is 1.56. The number of likely N-dealkylation sites (tertiary alicyclic amines) is 1. The molecule has 3 aliphatic heterocycles. The minimum absolute atomic E-state index is 0.147. The first kappa shape index (κ1) is 16.8. The number of benzene rings is 1. The van der Waals surface area contributed by atoms with Gasteiger partial charge in [-0.25, -0.2) is 0 Å². The average Bonchev–Trinajstić information content (AvgIpc) is 3.03. The van der Waals surface area contributed by atoms with Crippen LogP contribution < -0.4 is 0 Å². The first-order valence-corrected chi connectivity index (χ1v) is 9.31. The molecule has 3 saturated heterocycles. The number of imide groups is 1. The summed E-state index contributed by atoms with van der Waals surface area (Å²) >= 11 is 0. The third-order valence-corrected chi connectivity index (χ3v) is 6.17. The van der Waals surface area contributed by atoms with E-state index in [1.165, 1.54) is 4.90 Å². The fourth-order valence-corrected chi connectivity index (χ4v) is 4.86. The summed E-state index contributed by atoms with van der Waals surface area (Å²) in [6.45, 7) is 2.24. The number of fused-ring (bicyclic) bond motifs is 3. The Labute approximate surface area is 157 Å². The lowest BCUT2D eigenvalue weighted by atomic mass is 9.82. The molecule has 3 fully saturated rings. The minimum atomic E-state index is -0.685. The number of rotatable bonds is 2. The molecular formula is C20H22N4O3. The van der Waals surface area contributed by atoms with Crippen LogP contribution in [0.3, 0.4) is 0 Å². The Hall–Kier alpha value is -2.35. The smallest absolute Gasteiger partial charge is 0.252 e. The van der Waals surface area contributed by atoms with Crippen LogP contribution in [-0.2, 0) is 16.1 Å². The van der Waals surface area contributed by atoms with Crippen molar-refractivity contribution in [3.8, 4) is 0 Å². The van der Waals surface area contributed by atoms with Gasteiger partial charge in [-0.3, -0.25) is 29.3 Å². The van der Waals surface area contributed by atoms with E-state index in [9.17, 15) is 14.7 Å². The van der Waals surface area contributed by atoms with Crippen molar-refractivity contribution in [3.05, 3.63) is 42.1 Å². The van der Waals surface area contributed by atoms with Crippen molar-refractivity contribution in [1.82, 2.24) is 19.7 Å². The highest BCUT2D eigenvalue weighted by Crippen LogP contribution is 2.40. The topological polar surface area (TPSA) is 77.0 Å². The number of amides is 2. The second-order valence-corrected chi connectivity index (χ2v) is 7.97. The average molecular weight is 366 g/mol. The Morgan fingerprint density at radius 2 is 2.04 bits per heavy atom. The number of piperazine rings is 1. The minimum Gasteiger partial charge on any atom is -0.392 e. The highest BCUT2D eigenvalue weighted by Gasteiger charge is 2.63. The normalized spacial score (nSPS) is 28.0. The van der Waals surface area contributed by atoms with Crippen LogP contribution >= 0.6 is 0 Å². The van der Waals surface area contributed by atoms with Crippen molar-refractivity contribution in [2.75, 3.05) is 26.7 Å². The number of hydrogen-bond acceptors (Lipinski definition) is 6. The molecule has 4 heterocycles. The molecule has 7 heteroatoms. The number of hydrogen-bond donors (Lipinski definition) is 1. The van der Waals surface area contributed by atoms with Crippen LogP contribution in [-0.4, -0.2) is 81.0 Å². The van der Waals surface area contributed by atoms with E-state index in [1.807, 2.05) is 35.4 Å². The summed E-state index contributed by atoms with van der Waals surface area (Å²) in [5.74, 6) is -0.343. The lowest BCUT2D eigenvalue weighted by Crippen LogP contribution is -2.80. The predicted octanol–water partition coefficient (Wildman–Crippen LogP) is 0.223. The molecule has 5 rings (SSSR count). The quantitative estimate of drug-likeness (QED) is 0.767. The van der Waals surface area contributed by atoms with Crippen LogP contribution in [0.2, 0.25) is 0 Å². The van der Waals surface area contributed by atoms with Gasteiger partial charge >= 0.3 is 0 Å². The monoisotopic (exact) mass is 366 g/mol. The molecule has 1 spiro atoms. The molecule has 2 atom stereocenters. The van der Waals surface area contributed by atoms with E-state index in [0.29, 0.717) is 32.6 Å². The zero-order chi connectivity index (χ0) is 18.8. The molecule has 0 aliphatic carbocycles. The largest absolute Gasteiger partial charge is 0.392 e. The Balaban J connectivity index is 1.36.